The van der Waals surface area contributed by atoms with E-state index in [0.717, 1.165) is 0 Å². The van der Waals surface area contributed by atoms with Crippen LogP contribution in [0.15, 0.2) is 0 Å². The van der Waals surface area contributed by atoms with E-state index in [9.17, 15) is 0 Å². The molecule has 1 atom stereocenters. The molecule has 0 aromatic carbocycles. The lowest BCUT2D eigenvalue weighted by atomic mass is 10.0. The molecule has 0 aromatic rings. The van der Waals surface area contributed by atoms with Crippen LogP contribution in [0.5, 0.6) is 0 Å². The topological polar surface area (TPSA) is 3.24 Å². The Labute approximate surface area is 123 Å². The highest BCUT2D eigenvalue weighted by atomic mass is 28.3. The summed E-state index contributed by atoms with van der Waals surface area (Å²) in [5.41, 5.74) is 3.58. The summed E-state index contributed by atoms with van der Waals surface area (Å²) in [7, 11) is -1.26. The highest BCUT2D eigenvalue weighted by Crippen LogP contribution is 2.13. The van der Waals surface area contributed by atoms with E-state index in [1.807, 2.05) is 0 Å². The molecule has 0 rings (SSSR count). The summed E-state index contributed by atoms with van der Waals surface area (Å²) in [4.78, 5) is 2.63. The lowest BCUT2D eigenvalue weighted by Gasteiger charge is -2.31. The maximum absolute atomic E-state index is 3.61. The standard InChI is InChI=1S/C17H35NSi/c1-8-10-13-18(14-11-9-2)17(16(3)4)12-15-19(5,6)7/h16-17H,8-11,13-14H2,1-7H3. The van der Waals surface area contributed by atoms with Crippen LogP contribution in [0.2, 0.25) is 19.6 Å². The molecular formula is C17H35NSi. The summed E-state index contributed by atoms with van der Waals surface area (Å²) in [6, 6.07) is 0.449. The molecule has 0 bridgehead atoms. The maximum Gasteiger partial charge on any atom is 0.129 e. The van der Waals surface area contributed by atoms with Gasteiger partial charge in [-0.1, -0.05) is 66.1 Å². The lowest BCUT2D eigenvalue weighted by Crippen LogP contribution is -2.40. The van der Waals surface area contributed by atoms with Gasteiger partial charge in [0, 0.05) is 0 Å². The summed E-state index contributed by atoms with van der Waals surface area (Å²) in [5, 5.41) is 0. The molecule has 0 heterocycles. The molecule has 0 saturated heterocycles. The number of hydrogen-bond donors (Lipinski definition) is 0. The van der Waals surface area contributed by atoms with Crippen molar-refractivity contribution in [3.8, 4) is 11.5 Å². The third-order valence-corrected chi connectivity index (χ3v) is 4.11. The molecule has 0 saturated carbocycles. The molecule has 0 aromatic heterocycles. The Balaban J connectivity index is 4.86. The molecule has 0 aliphatic heterocycles. The zero-order valence-electron chi connectivity index (χ0n) is 14.3. The molecule has 1 nitrogen and oxygen atoms in total. The van der Waals surface area contributed by atoms with E-state index < -0.39 is 8.07 Å². The van der Waals surface area contributed by atoms with E-state index in [-0.39, 0.29) is 0 Å². The molecule has 0 radical (unpaired) electrons. The Morgan fingerprint density at radius 1 is 0.947 bits per heavy atom. The van der Waals surface area contributed by atoms with Gasteiger partial charge in [0.25, 0.3) is 0 Å². The van der Waals surface area contributed by atoms with Gasteiger partial charge in [0.1, 0.15) is 8.07 Å². The molecule has 0 aliphatic rings. The SMILES string of the molecule is CCCCN(CCCC)C(C#C[Si](C)(C)C)C(C)C. The van der Waals surface area contributed by atoms with Crippen molar-refractivity contribution in [2.75, 3.05) is 13.1 Å². The predicted octanol–water partition coefficient (Wildman–Crippen LogP) is 4.79. The average Bonchev–Trinajstić information content (AvgIpc) is 2.29. The second-order valence-electron chi connectivity index (χ2n) is 6.95. The van der Waals surface area contributed by atoms with Crippen molar-refractivity contribution in [3.63, 3.8) is 0 Å². The van der Waals surface area contributed by atoms with Gasteiger partial charge >= 0.3 is 0 Å². The van der Waals surface area contributed by atoms with E-state index in [0.29, 0.717) is 12.0 Å². The molecule has 0 spiro atoms. The van der Waals surface area contributed by atoms with Crippen LogP contribution in [-0.4, -0.2) is 32.1 Å². The van der Waals surface area contributed by atoms with Gasteiger partial charge < -0.3 is 0 Å². The second kappa shape index (κ2) is 9.61. The van der Waals surface area contributed by atoms with E-state index in [2.05, 4.69) is 63.7 Å². The van der Waals surface area contributed by atoms with Crippen LogP contribution in [-0.2, 0) is 0 Å². The smallest absolute Gasteiger partial charge is 0.129 e. The number of hydrogen-bond acceptors (Lipinski definition) is 1. The maximum atomic E-state index is 3.61. The summed E-state index contributed by atoms with van der Waals surface area (Å²) in [5.74, 6) is 4.24. The van der Waals surface area contributed by atoms with Crippen molar-refractivity contribution < 1.29 is 0 Å². The minimum absolute atomic E-state index is 0.449. The van der Waals surface area contributed by atoms with Gasteiger partial charge in [-0.05, 0) is 31.8 Å². The summed E-state index contributed by atoms with van der Waals surface area (Å²) in [6.07, 6.45) is 5.13. The van der Waals surface area contributed by atoms with Crippen molar-refractivity contribution in [2.24, 2.45) is 5.92 Å². The van der Waals surface area contributed by atoms with Crippen LogP contribution >= 0.6 is 0 Å². The number of rotatable bonds is 8. The molecule has 0 aliphatic carbocycles. The quantitative estimate of drug-likeness (QED) is 0.456. The molecule has 0 amide bonds. The molecule has 0 fully saturated rings. The normalized spacial score (nSPS) is 13.5. The third kappa shape index (κ3) is 9.30. The van der Waals surface area contributed by atoms with Crippen LogP contribution in [0.1, 0.15) is 53.4 Å². The third-order valence-electron chi connectivity index (χ3n) is 3.22. The van der Waals surface area contributed by atoms with Gasteiger partial charge in [-0.3, -0.25) is 4.90 Å². The minimum Gasteiger partial charge on any atom is -0.290 e. The number of unbranched alkanes of at least 4 members (excludes halogenated alkanes) is 2. The number of nitrogens with zero attached hydrogens (tertiary/aromatic N) is 1. The fraction of sp³-hybridized carbons (Fsp3) is 0.882. The van der Waals surface area contributed by atoms with Gasteiger partial charge in [-0.15, -0.1) is 5.54 Å². The van der Waals surface area contributed by atoms with Gasteiger partial charge in [-0.2, -0.15) is 0 Å². The van der Waals surface area contributed by atoms with Crippen LogP contribution < -0.4 is 0 Å². The van der Waals surface area contributed by atoms with E-state index >= 15 is 0 Å². The summed E-state index contributed by atoms with van der Waals surface area (Å²) >= 11 is 0. The van der Waals surface area contributed by atoms with Gasteiger partial charge in [0.05, 0.1) is 6.04 Å². The van der Waals surface area contributed by atoms with Crippen LogP contribution in [0.25, 0.3) is 0 Å². The monoisotopic (exact) mass is 281 g/mol. The Hall–Kier alpha value is -0.263. The minimum atomic E-state index is -1.26. The van der Waals surface area contributed by atoms with Crippen molar-refractivity contribution in [1.82, 2.24) is 4.90 Å². The Bertz CT molecular complexity index is 272. The first-order valence-corrected chi connectivity index (χ1v) is 11.6. The predicted molar refractivity (Wildman–Crippen MR) is 91.1 cm³/mol. The van der Waals surface area contributed by atoms with E-state index in [1.165, 1.54) is 38.8 Å². The van der Waals surface area contributed by atoms with Crippen molar-refractivity contribution in [3.05, 3.63) is 0 Å². The summed E-state index contributed by atoms with van der Waals surface area (Å²) < 4.78 is 0. The molecule has 112 valence electrons. The van der Waals surface area contributed by atoms with Crippen molar-refractivity contribution in [1.29, 1.82) is 0 Å². The van der Waals surface area contributed by atoms with Gasteiger partial charge in [0.2, 0.25) is 0 Å². The molecule has 2 heteroatoms. The highest BCUT2D eigenvalue weighted by molar-refractivity contribution is 6.83. The first kappa shape index (κ1) is 18.7. The largest absolute Gasteiger partial charge is 0.290 e. The second-order valence-corrected chi connectivity index (χ2v) is 11.7. The molecular weight excluding hydrogens is 246 g/mol. The molecule has 19 heavy (non-hydrogen) atoms. The van der Waals surface area contributed by atoms with Crippen molar-refractivity contribution in [2.45, 2.75) is 79.1 Å². The lowest BCUT2D eigenvalue weighted by molar-refractivity contribution is 0.191. The fourth-order valence-electron chi connectivity index (χ4n) is 2.08. The Morgan fingerprint density at radius 2 is 1.42 bits per heavy atom. The Kier molecular flexibility index (Phi) is 9.48. The van der Waals surface area contributed by atoms with Crippen LogP contribution in [0.4, 0.5) is 0 Å². The average molecular weight is 282 g/mol. The van der Waals surface area contributed by atoms with Crippen LogP contribution in [0.3, 0.4) is 0 Å². The first-order valence-electron chi connectivity index (χ1n) is 8.08. The van der Waals surface area contributed by atoms with Gasteiger partial charge in [-0.25, -0.2) is 0 Å². The van der Waals surface area contributed by atoms with E-state index in [1.54, 1.807) is 0 Å². The van der Waals surface area contributed by atoms with Crippen molar-refractivity contribution >= 4 is 8.07 Å². The van der Waals surface area contributed by atoms with E-state index in [4.69, 9.17) is 0 Å². The molecule has 0 N–H and O–H groups in total. The van der Waals surface area contributed by atoms with Crippen LogP contribution in [0, 0.1) is 17.4 Å². The fourth-order valence-corrected chi connectivity index (χ4v) is 2.66. The Morgan fingerprint density at radius 3 is 1.74 bits per heavy atom. The molecule has 1 unspecified atom stereocenters. The zero-order valence-corrected chi connectivity index (χ0v) is 15.3. The first-order chi connectivity index (χ1) is 8.81. The zero-order chi connectivity index (χ0) is 14.9. The highest BCUT2D eigenvalue weighted by Gasteiger charge is 2.19. The summed E-state index contributed by atoms with van der Waals surface area (Å²) in [6.45, 7) is 18.6. The van der Waals surface area contributed by atoms with Gasteiger partial charge in [0.15, 0.2) is 0 Å².